The highest BCUT2D eigenvalue weighted by molar-refractivity contribution is 6.39. The number of alkyl halides is 1. The highest BCUT2D eigenvalue weighted by atomic mass is 35.5. The van der Waals surface area contributed by atoms with E-state index in [1.807, 2.05) is 6.92 Å². The van der Waals surface area contributed by atoms with Crippen LogP contribution in [-0.4, -0.2) is 5.38 Å². The van der Waals surface area contributed by atoms with Gasteiger partial charge < -0.3 is 0 Å². The van der Waals surface area contributed by atoms with Crippen LogP contribution in [0.5, 0.6) is 0 Å². The monoisotopic (exact) mass is 208 g/mol. The van der Waals surface area contributed by atoms with Crippen molar-refractivity contribution in [2.45, 2.75) is 12.3 Å². The van der Waals surface area contributed by atoms with E-state index in [2.05, 4.69) is 0 Å². The molecule has 0 aromatic heterocycles. The Bertz CT molecular complexity index is 248. The average Bonchev–Trinajstić information content (AvgIpc) is 2.05. The molecule has 3 heteroatoms. The largest absolute Gasteiger partial charge is 0.112 e. The van der Waals surface area contributed by atoms with E-state index in [1.54, 1.807) is 18.2 Å². The van der Waals surface area contributed by atoms with Gasteiger partial charge in [-0.3, -0.25) is 0 Å². The fourth-order valence-electron chi connectivity index (χ4n) is 0.748. The first-order valence-electron chi connectivity index (χ1n) is 3.17. The zero-order valence-electron chi connectivity index (χ0n) is 5.94. The number of hydrogen-bond donors (Lipinski definition) is 0. The molecule has 0 aromatic carbocycles. The fourth-order valence-corrected chi connectivity index (χ4v) is 1.25. The third-order valence-electron chi connectivity index (χ3n) is 1.41. The van der Waals surface area contributed by atoms with Gasteiger partial charge in [-0.15, -0.1) is 11.6 Å². The van der Waals surface area contributed by atoms with Crippen LogP contribution in [0, 0.1) is 0 Å². The van der Waals surface area contributed by atoms with Gasteiger partial charge in [0.05, 0.1) is 5.38 Å². The summed E-state index contributed by atoms with van der Waals surface area (Å²) in [7, 11) is 0. The van der Waals surface area contributed by atoms with Crippen LogP contribution >= 0.6 is 34.8 Å². The zero-order valence-corrected chi connectivity index (χ0v) is 8.21. The summed E-state index contributed by atoms with van der Waals surface area (Å²) in [6, 6.07) is 0. The second-order valence-electron chi connectivity index (χ2n) is 2.32. The quantitative estimate of drug-likeness (QED) is 0.532. The molecule has 0 aliphatic heterocycles. The highest BCUT2D eigenvalue weighted by Gasteiger charge is 2.08. The maximum Gasteiger partial charge on any atom is 0.0876 e. The molecule has 0 heterocycles. The van der Waals surface area contributed by atoms with E-state index >= 15 is 0 Å². The molecule has 1 unspecified atom stereocenters. The van der Waals surface area contributed by atoms with Gasteiger partial charge in [0.25, 0.3) is 0 Å². The summed E-state index contributed by atoms with van der Waals surface area (Å²) in [5.74, 6) is 0. The van der Waals surface area contributed by atoms with Crippen LogP contribution in [0.15, 0.2) is 33.9 Å². The maximum absolute atomic E-state index is 5.83. The van der Waals surface area contributed by atoms with Crippen molar-refractivity contribution in [1.29, 1.82) is 0 Å². The highest BCUT2D eigenvalue weighted by Crippen LogP contribution is 2.25. The van der Waals surface area contributed by atoms with E-state index in [0.29, 0.717) is 10.1 Å². The van der Waals surface area contributed by atoms with Crippen LogP contribution in [0.2, 0.25) is 0 Å². The first-order valence-corrected chi connectivity index (χ1v) is 4.36. The van der Waals surface area contributed by atoms with E-state index in [9.17, 15) is 0 Å². The summed E-state index contributed by atoms with van der Waals surface area (Å²) in [5, 5.41) is 1.05. The van der Waals surface area contributed by atoms with Gasteiger partial charge in [0.2, 0.25) is 0 Å². The third-order valence-corrected chi connectivity index (χ3v) is 2.67. The normalized spacial score (nSPS) is 25.1. The first-order chi connectivity index (χ1) is 5.11. The predicted octanol–water partition coefficient (Wildman–Crippen LogP) is 3.80. The zero-order chi connectivity index (χ0) is 8.43. The Hall–Kier alpha value is 0.0900. The molecule has 0 bridgehead atoms. The van der Waals surface area contributed by atoms with E-state index in [0.717, 1.165) is 5.57 Å². The summed E-state index contributed by atoms with van der Waals surface area (Å²) >= 11 is 17.5. The van der Waals surface area contributed by atoms with Crippen LogP contribution < -0.4 is 0 Å². The lowest BCUT2D eigenvalue weighted by Gasteiger charge is -1.98. The Balaban J connectivity index is 3.04. The number of halogens is 3. The Morgan fingerprint density at radius 2 is 2.00 bits per heavy atom. The molecular weight excluding hydrogens is 202 g/mol. The van der Waals surface area contributed by atoms with Crippen molar-refractivity contribution in [2.75, 3.05) is 0 Å². The molecule has 11 heavy (non-hydrogen) atoms. The SMILES string of the molecule is CC1=C(Cl)C=CC(Cl)C(Cl)=C1. The van der Waals surface area contributed by atoms with Gasteiger partial charge in [-0.2, -0.15) is 0 Å². The molecule has 1 aliphatic carbocycles. The minimum Gasteiger partial charge on any atom is -0.112 e. The fraction of sp³-hybridized carbons (Fsp3) is 0.250. The molecule has 0 amide bonds. The van der Waals surface area contributed by atoms with Crippen molar-refractivity contribution in [3.63, 3.8) is 0 Å². The van der Waals surface area contributed by atoms with E-state index in [-0.39, 0.29) is 5.38 Å². The summed E-state index contributed by atoms with van der Waals surface area (Å²) < 4.78 is 0. The maximum atomic E-state index is 5.83. The average molecular weight is 210 g/mol. The summed E-state index contributed by atoms with van der Waals surface area (Å²) in [5.41, 5.74) is 0.941. The van der Waals surface area contributed by atoms with Gasteiger partial charge in [-0.1, -0.05) is 29.3 Å². The second-order valence-corrected chi connectivity index (χ2v) is 3.63. The molecule has 0 nitrogen and oxygen atoms in total. The molecule has 60 valence electrons. The molecule has 0 aromatic rings. The van der Waals surface area contributed by atoms with Crippen molar-refractivity contribution >= 4 is 34.8 Å². The molecule has 0 N–H and O–H groups in total. The minimum absolute atomic E-state index is 0.247. The lowest BCUT2D eigenvalue weighted by molar-refractivity contribution is 1.36. The number of rotatable bonds is 0. The Morgan fingerprint density at radius 1 is 1.36 bits per heavy atom. The van der Waals surface area contributed by atoms with Crippen LogP contribution in [0.4, 0.5) is 0 Å². The topological polar surface area (TPSA) is 0 Å². The standard InChI is InChI=1S/C8H7Cl3/c1-5-4-8(11)7(10)3-2-6(5)9/h2-4,7H,1H3. The van der Waals surface area contributed by atoms with Crippen LogP contribution in [0.1, 0.15) is 6.92 Å². The minimum atomic E-state index is -0.247. The van der Waals surface area contributed by atoms with Gasteiger partial charge in [0, 0.05) is 10.1 Å². The summed E-state index contributed by atoms with van der Waals surface area (Å²) in [6.07, 6.45) is 5.31. The molecule has 1 aliphatic rings. The molecule has 0 spiro atoms. The van der Waals surface area contributed by atoms with Gasteiger partial charge >= 0.3 is 0 Å². The Labute approximate surface area is 81.1 Å². The number of hydrogen-bond acceptors (Lipinski definition) is 0. The Kier molecular flexibility index (Phi) is 3.06. The Morgan fingerprint density at radius 3 is 2.64 bits per heavy atom. The predicted molar refractivity (Wildman–Crippen MR) is 51.3 cm³/mol. The van der Waals surface area contributed by atoms with E-state index < -0.39 is 0 Å². The molecule has 0 radical (unpaired) electrons. The van der Waals surface area contributed by atoms with Crippen molar-refractivity contribution in [3.05, 3.63) is 33.9 Å². The lowest BCUT2D eigenvalue weighted by Crippen LogP contribution is -1.90. The van der Waals surface area contributed by atoms with E-state index in [4.69, 9.17) is 34.8 Å². The molecule has 1 rings (SSSR count). The lowest BCUT2D eigenvalue weighted by atomic mass is 10.3. The molecule has 0 saturated carbocycles. The summed E-state index contributed by atoms with van der Waals surface area (Å²) in [6.45, 7) is 1.89. The van der Waals surface area contributed by atoms with Crippen LogP contribution in [0.3, 0.4) is 0 Å². The molecule has 0 saturated heterocycles. The van der Waals surface area contributed by atoms with E-state index in [1.165, 1.54) is 0 Å². The van der Waals surface area contributed by atoms with Crippen LogP contribution in [0.25, 0.3) is 0 Å². The van der Waals surface area contributed by atoms with Crippen molar-refractivity contribution in [3.8, 4) is 0 Å². The van der Waals surface area contributed by atoms with Crippen molar-refractivity contribution in [2.24, 2.45) is 0 Å². The molecular formula is C8H7Cl3. The third kappa shape index (κ3) is 2.26. The van der Waals surface area contributed by atoms with Crippen LogP contribution in [-0.2, 0) is 0 Å². The summed E-state index contributed by atoms with van der Waals surface area (Å²) in [4.78, 5) is 0. The smallest absolute Gasteiger partial charge is 0.0876 e. The molecule has 1 atom stereocenters. The van der Waals surface area contributed by atoms with Gasteiger partial charge in [-0.05, 0) is 24.6 Å². The van der Waals surface area contributed by atoms with Crippen molar-refractivity contribution in [1.82, 2.24) is 0 Å². The first kappa shape index (κ1) is 9.18. The van der Waals surface area contributed by atoms with Crippen molar-refractivity contribution < 1.29 is 0 Å². The van der Waals surface area contributed by atoms with Gasteiger partial charge in [0.1, 0.15) is 0 Å². The number of allylic oxidation sites excluding steroid dienone is 6. The molecule has 0 fully saturated rings. The van der Waals surface area contributed by atoms with Gasteiger partial charge in [-0.25, -0.2) is 0 Å². The van der Waals surface area contributed by atoms with Gasteiger partial charge in [0.15, 0.2) is 0 Å². The second kappa shape index (κ2) is 3.66.